The van der Waals surface area contributed by atoms with Crippen molar-refractivity contribution in [3.63, 3.8) is 0 Å². The van der Waals surface area contributed by atoms with Gasteiger partial charge in [0.25, 0.3) is 5.91 Å². The maximum Gasteiger partial charge on any atom is 0.370 e. The molecule has 3 aromatic rings. The van der Waals surface area contributed by atoms with E-state index in [1.54, 1.807) is 36.3 Å². The van der Waals surface area contributed by atoms with E-state index in [2.05, 4.69) is 53.1 Å². The number of hydrogen-bond donors (Lipinski definition) is 1. The second-order valence-electron chi connectivity index (χ2n) is 10.2. The molecule has 0 spiro atoms. The number of nitrogens with zero attached hydrogens (tertiary/aromatic N) is 4. The Kier molecular flexibility index (Phi) is 7.47. The first-order chi connectivity index (χ1) is 18.3. The molecule has 0 unspecified atom stereocenters. The lowest BCUT2D eigenvalue weighted by Gasteiger charge is -2.35. The Hall–Kier alpha value is -3.34. The van der Waals surface area contributed by atoms with Gasteiger partial charge in [-0.2, -0.15) is 5.10 Å². The molecule has 1 amide bonds. The summed E-state index contributed by atoms with van der Waals surface area (Å²) >= 11 is 3.67. The number of amides is 1. The summed E-state index contributed by atoms with van der Waals surface area (Å²) < 4.78 is 16.9. The van der Waals surface area contributed by atoms with Crippen LogP contribution in [0.1, 0.15) is 46.0 Å². The first-order valence-electron chi connectivity index (χ1n) is 12.7. The van der Waals surface area contributed by atoms with Crippen LogP contribution in [0.25, 0.3) is 5.69 Å². The van der Waals surface area contributed by atoms with Crippen LogP contribution < -0.4 is 9.64 Å². The summed E-state index contributed by atoms with van der Waals surface area (Å²) in [6, 6.07) is 15.3. The van der Waals surface area contributed by atoms with Crippen LogP contribution >= 0.6 is 12.9 Å². The second kappa shape index (κ2) is 10.8. The SMILES string of the molecule is COc1ccc(-n2nc(C(=O)OS)c3c2C(=O)N(c2ccc(C(C)(C)CN4CCOCC4)cc2)CC3)cc1. The average molecular weight is 537 g/mol. The van der Waals surface area contributed by atoms with Gasteiger partial charge in [0.05, 0.1) is 26.0 Å². The molecule has 38 heavy (non-hydrogen) atoms. The number of rotatable bonds is 7. The van der Waals surface area contributed by atoms with E-state index < -0.39 is 5.97 Å². The topological polar surface area (TPSA) is 86.1 Å². The lowest BCUT2D eigenvalue weighted by molar-refractivity contribution is 0.0295. The Morgan fingerprint density at radius 2 is 1.68 bits per heavy atom. The summed E-state index contributed by atoms with van der Waals surface area (Å²) in [6.07, 6.45) is 0.458. The number of carbonyl (C=O) groups excluding carboxylic acids is 2. The van der Waals surface area contributed by atoms with Crippen molar-refractivity contribution in [2.24, 2.45) is 0 Å². The molecule has 2 aliphatic heterocycles. The number of ether oxygens (including phenoxy) is 2. The highest BCUT2D eigenvalue weighted by Crippen LogP contribution is 2.32. The summed E-state index contributed by atoms with van der Waals surface area (Å²) in [6.45, 7) is 9.27. The summed E-state index contributed by atoms with van der Waals surface area (Å²) in [4.78, 5) is 30.5. The Balaban J connectivity index is 1.44. The predicted molar refractivity (Wildman–Crippen MR) is 147 cm³/mol. The quantitative estimate of drug-likeness (QED) is 0.364. The van der Waals surface area contributed by atoms with Crippen molar-refractivity contribution in [2.75, 3.05) is 51.4 Å². The number of aromatic nitrogens is 2. The van der Waals surface area contributed by atoms with E-state index >= 15 is 0 Å². The standard InChI is InChI=1S/C28H32N4O5S/c1-28(2,18-30-14-16-36-17-15-30)19-4-6-20(7-5-19)31-13-12-23-24(27(34)37-38)29-32(25(23)26(31)33)21-8-10-22(35-3)11-9-21/h4-11,38H,12-18H2,1-3H3. The monoisotopic (exact) mass is 536 g/mol. The molecule has 0 N–H and O–H groups in total. The van der Waals surface area contributed by atoms with Gasteiger partial charge in [0, 0.05) is 55.8 Å². The molecule has 200 valence electrons. The molecule has 0 bridgehead atoms. The molecular weight excluding hydrogens is 504 g/mol. The molecule has 2 aliphatic rings. The summed E-state index contributed by atoms with van der Waals surface area (Å²) in [5.74, 6) is -0.243. The Bertz CT molecular complexity index is 1310. The third kappa shape index (κ3) is 5.03. The summed E-state index contributed by atoms with van der Waals surface area (Å²) in [5, 5.41) is 4.46. The zero-order valence-corrected chi connectivity index (χ0v) is 22.7. The van der Waals surface area contributed by atoms with Crippen molar-refractivity contribution in [1.82, 2.24) is 14.7 Å². The lowest BCUT2D eigenvalue weighted by Crippen LogP contribution is -2.43. The van der Waals surface area contributed by atoms with E-state index in [9.17, 15) is 9.59 Å². The molecule has 1 saturated heterocycles. The van der Waals surface area contributed by atoms with Gasteiger partial charge < -0.3 is 18.6 Å². The molecule has 0 radical (unpaired) electrons. The molecule has 1 fully saturated rings. The highest BCUT2D eigenvalue weighted by atomic mass is 32.1. The van der Waals surface area contributed by atoms with Crippen molar-refractivity contribution < 1.29 is 23.2 Å². The smallest absolute Gasteiger partial charge is 0.370 e. The number of anilines is 1. The summed E-state index contributed by atoms with van der Waals surface area (Å²) in [5.41, 5.74) is 3.59. The molecular formula is C28H32N4O5S. The van der Waals surface area contributed by atoms with E-state index in [0.29, 0.717) is 35.7 Å². The Labute approximate surface area is 227 Å². The van der Waals surface area contributed by atoms with E-state index in [4.69, 9.17) is 9.47 Å². The van der Waals surface area contributed by atoms with Crippen molar-refractivity contribution >= 4 is 30.5 Å². The minimum atomic E-state index is -0.690. The fourth-order valence-electron chi connectivity index (χ4n) is 5.23. The number of hydrogen-bond acceptors (Lipinski definition) is 8. The van der Waals surface area contributed by atoms with E-state index in [-0.39, 0.29) is 17.0 Å². The molecule has 0 aliphatic carbocycles. The fourth-order valence-corrected chi connectivity index (χ4v) is 5.31. The average Bonchev–Trinajstić information content (AvgIpc) is 3.34. The molecule has 0 atom stereocenters. The van der Waals surface area contributed by atoms with Crippen molar-refractivity contribution in [1.29, 1.82) is 0 Å². The zero-order valence-electron chi connectivity index (χ0n) is 21.8. The number of morpholine rings is 1. The molecule has 0 saturated carbocycles. The third-order valence-corrected chi connectivity index (χ3v) is 7.46. The van der Waals surface area contributed by atoms with Crippen molar-refractivity contribution in [3.8, 4) is 11.4 Å². The third-order valence-electron chi connectivity index (χ3n) is 7.29. The van der Waals surface area contributed by atoms with Crippen LogP contribution in [0.2, 0.25) is 0 Å². The maximum atomic E-state index is 13.9. The molecule has 5 rings (SSSR count). The number of thiol groups is 1. The van der Waals surface area contributed by atoms with Crippen LogP contribution in [0.5, 0.6) is 5.75 Å². The van der Waals surface area contributed by atoms with Crippen LogP contribution in [0.15, 0.2) is 48.5 Å². The predicted octanol–water partition coefficient (Wildman–Crippen LogP) is 3.70. The fraction of sp³-hybridized carbons (Fsp3) is 0.393. The summed E-state index contributed by atoms with van der Waals surface area (Å²) in [7, 11) is 1.59. The largest absolute Gasteiger partial charge is 0.497 e. The number of benzene rings is 2. The molecule has 2 aromatic carbocycles. The highest BCUT2D eigenvalue weighted by molar-refractivity contribution is 7.75. The first-order valence-corrected chi connectivity index (χ1v) is 13.0. The van der Waals surface area contributed by atoms with Crippen LogP contribution in [0.3, 0.4) is 0 Å². The van der Waals surface area contributed by atoms with Crippen LogP contribution in [0.4, 0.5) is 5.69 Å². The normalized spacial score (nSPS) is 16.3. The molecule has 3 heterocycles. The Morgan fingerprint density at radius 1 is 1.03 bits per heavy atom. The van der Waals surface area contributed by atoms with Gasteiger partial charge in [-0.25, -0.2) is 9.48 Å². The van der Waals surface area contributed by atoms with Gasteiger partial charge in [-0.1, -0.05) is 26.0 Å². The highest BCUT2D eigenvalue weighted by Gasteiger charge is 2.36. The van der Waals surface area contributed by atoms with Gasteiger partial charge in [-0.05, 0) is 48.4 Å². The molecule has 10 heteroatoms. The lowest BCUT2D eigenvalue weighted by atomic mass is 9.84. The maximum absolute atomic E-state index is 13.9. The minimum Gasteiger partial charge on any atom is -0.497 e. The van der Waals surface area contributed by atoms with Crippen LogP contribution in [-0.2, 0) is 20.8 Å². The van der Waals surface area contributed by atoms with E-state index in [1.807, 2.05) is 12.1 Å². The first kappa shape index (κ1) is 26.3. The second-order valence-corrected chi connectivity index (χ2v) is 10.4. The molecule has 9 nitrogen and oxygen atoms in total. The van der Waals surface area contributed by atoms with Crippen molar-refractivity contribution in [2.45, 2.75) is 25.7 Å². The Morgan fingerprint density at radius 3 is 2.32 bits per heavy atom. The van der Waals surface area contributed by atoms with Gasteiger partial charge in [-0.3, -0.25) is 9.69 Å². The van der Waals surface area contributed by atoms with Crippen LogP contribution in [-0.4, -0.2) is 73.1 Å². The van der Waals surface area contributed by atoms with Gasteiger partial charge in [0.15, 0.2) is 5.69 Å². The minimum absolute atomic E-state index is 0.0515. The van der Waals surface area contributed by atoms with Gasteiger partial charge in [-0.15, -0.1) is 0 Å². The van der Waals surface area contributed by atoms with Gasteiger partial charge >= 0.3 is 5.97 Å². The van der Waals surface area contributed by atoms with E-state index in [1.165, 1.54) is 10.2 Å². The molecule has 1 aromatic heterocycles. The number of fused-ring (bicyclic) bond motifs is 1. The van der Waals surface area contributed by atoms with Gasteiger partial charge in [0.2, 0.25) is 0 Å². The number of carbonyl (C=O) groups is 2. The number of methoxy groups -OCH3 is 1. The zero-order chi connectivity index (χ0) is 26.9. The van der Waals surface area contributed by atoms with Crippen LogP contribution in [0, 0.1) is 0 Å². The van der Waals surface area contributed by atoms with Crippen molar-refractivity contribution in [3.05, 3.63) is 71.0 Å². The van der Waals surface area contributed by atoms with E-state index in [0.717, 1.165) is 38.5 Å². The van der Waals surface area contributed by atoms with Gasteiger partial charge in [0.1, 0.15) is 11.4 Å².